The fraction of sp³-hybridized carbons (Fsp3) is 0.625. The average molecular weight is 274 g/mol. The Kier molecular flexibility index (Phi) is 3.40. The molecule has 0 unspecified atom stereocenters. The molecule has 20 heavy (non-hydrogen) atoms. The van der Waals surface area contributed by atoms with Gasteiger partial charge < -0.3 is 10.0 Å². The lowest BCUT2D eigenvalue weighted by molar-refractivity contribution is 0.0696. The van der Waals surface area contributed by atoms with Crippen LogP contribution in [0, 0.1) is 25.7 Å². The van der Waals surface area contributed by atoms with Crippen LogP contribution in [0.25, 0.3) is 0 Å². The molecule has 0 aliphatic heterocycles. The number of nitrogens with zero attached hydrogens (tertiary/aromatic N) is 2. The third kappa shape index (κ3) is 2.94. The van der Waals surface area contributed by atoms with E-state index in [9.17, 15) is 9.90 Å². The maximum atomic E-state index is 11.6. The molecular formula is C16H22N2O2. The Morgan fingerprint density at radius 1 is 1.25 bits per heavy atom. The topological polar surface area (TPSA) is 53.4 Å². The lowest BCUT2D eigenvalue weighted by Gasteiger charge is -2.26. The normalized spacial score (nSPS) is 18.1. The number of hydrogen-bond acceptors (Lipinski definition) is 3. The van der Waals surface area contributed by atoms with Gasteiger partial charge in [-0.1, -0.05) is 0 Å². The van der Waals surface area contributed by atoms with Crippen molar-refractivity contribution in [2.24, 2.45) is 11.8 Å². The highest BCUT2D eigenvalue weighted by molar-refractivity contribution is 5.95. The van der Waals surface area contributed by atoms with Crippen molar-refractivity contribution in [1.82, 2.24) is 4.98 Å². The minimum absolute atomic E-state index is 0.386. The molecule has 0 saturated heterocycles. The Bertz CT molecular complexity index is 520. The summed E-state index contributed by atoms with van der Waals surface area (Å²) in [5, 5.41) is 9.52. The van der Waals surface area contributed by atoms with Gasteiger partial charge in [0.05, 0.1) is 0 Å². The molecule has 1 aromatic rings. The Morgan fingerprint density at radius 3 is 2.25 bits per heavy atom. The number of carboxylic acids is 1. The largest absolute Gasteiger partial charge is 0.478 e. The average Bonchev–Trinajstić information content (AvgIpc) is 3.21. The Hall–Kier alpha value is -1.58. The Morgan fingerprint density at radius 2 is 1.80 bits per heavy atom. The van der Waals surface area contributed by atoms with E-state index in [1.807, 2.05) is 19.9 Å². The van der Waals surface area contributed by atoms with Crippen LogP contribution in [0.15, 0.2) is 6.07 Å². The molecule has 4 nitrogen and oxygen atoms in total. The van der Waals surface area contributed by atoms with Crippen molar-refractivity contribution in [3.63, 3.8) is 0 Å². The zero-order valence-corrected chi connectivity index (χ0v) is 12.2. The van der Waals surface area contributed by atoms with E-state index >= 15 is 0 Å². The third-order valence-corrected chi connectivity index (χ3v) is 4.19. The molecule has 2 aliphatic rings. The highest BCUT2D eigenvalue weighted by Crippen LogP contribution is 2.36. The first kappa shape index (κ1) is 13.4. The van der Waals surface area contributed by atoms with E-state index in [0.29, 0.717) is 11.4 Å². The summed E-state index contributed by atoms with van der Waals surface area (Å²) in [6.07, 6.45) is 5.09. The van der Waals surface area contributed by atoms with Gasteiger partial charge in [-0.15, -0.1) is 0 Å². The van der Waals surface area contributed by atoms with Crippen molar-refractivity contribution >= 4 is 11.8 Å². The van der Waals surface area contributed by atoms with Gasteiger partial charge in [0.2, 0.25) is 0 Å². The van der Waals surface area contributed by atoms with Crippen LogP contribution in [0.4, 0.5) is 5.82 Å². The van der Waals surface area contributed by atoms with Crippen LogP contribution >= 0.6 is 0 Å². The van der Waals surface area contributed by atoms with E-state index in [1.54, 1.807) is 0 Å². The van der Waals surface area contributed by atoms with Gasteiger partial charge in [-0.25, -0.2) is 9.78 Å². The number of aryl methyl sites for hydroxylation is 2. The van der Waals surface area contributed by atoms with E-state index in [2.05, 4.69) is 9.88 Å². The molecule has 0 radical (unpaired) electrons. The number of carbonyl (C=O) groups is 1. The summed E-state index contributed by atoms with van der Waals surface area (Å²) in [6.45, 7) is 5.74. The molecule has 0 amide bonds. The molecule has 108 valence electrons. The molecule has 3 rings (SSSR count). The van der Waals surface area contributed by atoms with E-state index in [4.69, 9.17) is 0 Å². The van der Waals surface area contributed by atoms with Crippen molar-refractivity contribution in [3.8, 4) is 0 Å². The minimum Gasteiger partial charge on any atom is -0.478 e. The molecule has 2 saturated carbocycles. The fourth-order valence-corrected chi connectivity index (χ4v) is 2.78. The predicted octanol–water partition coefficient (Wildman–Crippen LogP) is 3.02. The molecule has 2 aliphatic carbocycles. The number of anilines is 1. The monoisotopic (exact) mass is 274 g/mol. The Balaban J connectivity index is 1.96. The summed E-state index contributed by atoms with van der Waals surface area (Å²) in [4.78, 5) is 18.4. The summed E-state index contributed by atoms with van der Waals surface area (Å²) in [6, 6.07) is 1.86. The molecule has 2 fully saturated rings. The second-order valence-electron chi connectivity index (χ2n) is 6.38. The van der Waals surface area contributed by atoms with E-state index < -0.39 is 5.97 Å². The first-order chi connectivity index (χ1) is 9.54. The molecule has 1 heterocycles. The maximum absolute atomic E-state index is 11.6. The highest BCUT2D eigenvalue weighted by Gasteiger charge is 2.32. The fourth-order valence-electron chi connectivity index (χ4n) is 2.78. The van der Waals surface area contributed by atoms with E-state index in [-0.39, 0.29) is 0 Å². The predicted molar refractivity (Wildman–Crippen MR) is 78.3 cm³/mol. The van der Waals surface area contributed by atoms with E-state index in [0.717, 1.165) is 36.2 Å². The molecule has 0 aromatic carbocycles. The number of hydrogen-bond donors (Lipinski definition) is 1. The smallest absolute Gasteiger partial charge is 0.339 e. The molecule has 1 aromatic heterocycles. The summed E-state index contributed by atoms with van der Waals surface area (Å²) in [5.41, 5.74) is 2.10. The SMILES string of the molecule is Cc1cc(C)c(C(=O)O)c(N(CC2CC2)CC2CC2)n1. The maximum Gasteiger partial charge on any atom is 0.339 e. The Labute approximate surface area is 119 Å². The quantitative estimate of drug-likeness (QED) is 0.866. The van der Waals surface area contributed by atoms with Crippen molar-refractivity contribution < 1.29 is 9.90 Å². The molecule has 4 heteroatoms. The van der Waals surface area contributed by atoms with E-state index in [1.165, 1.54) is 25.7 Å². The van der Waals surface area contributed by atoms with Gasteiger partial charge in [0.25, 0.3) is 0 Å². The second-order valence-corrected chi connectivity index (χ2v) is 6.38. The molecule has 0 atom stereocenters. The zero-order valence-electron chi connectivity index (χ0n) is 12.2. The van der Waals surface area contributed by atoms with Gasteiger partial charge in [0.15, 0.2) is 0 Å². The summed E-state index contributed by atoms with van der Waals surface area (Å²) in [5.74, 6) is 1.30. The van der Waals surface area contributed by atoms with Crippen LogP contribution in [-0.4, -0.2) is 29.1 Å². The number of rotatable bonds is 6. The molecule has 1 N–H and O–H groups in total. The van der Waals surface area contributed by atoms with Gasteiger partial charge in [-0.3, -0.25) is 0 Å². The number of carboxylic acid groups (broad SMARTS) is 1. The number of aromatic nitrogens is 1. The van der Waals surface area contributed by atoms with Gasteiger partial charge in [-0.05, 0) is 63.0 Å². The van der Waals surface area contributed by atoms with Crippen LogP contribution in [-0.2, 0) is 0 Å². The third-order valence-electron chi connectivity index (χ3n) is 4.19. The second kappa shape index (κ2) is 5.08. The molecule has 0 spiro atoms. The van der Waals surface area contributed by atoms with Gasteiger partial charge in [0.1, 0.15) is 11.4 Å². The van der Waals surface area contributed by atoms with Crippen LogP contribution in [0.3, 0.4) is 0 Å². The summed E-state index contributed by atoms with van der Waals surface area (Å²) in [7, 11) is 0. The molecular weight excluding hydrogens is 252 g/mol. The van der Waals surface area contributed by atoms with Gasteiger partial charge in [0, 0.05) is 18.8 Å². The van der Waals surface area contributed by atoms with Crippen LogP contribution in [0.1, 0.15) is 47.3 Å². The first-order valence-electron chi connectivity index (χ1n) is 7.51. The van der Waals surface area contributed by atoms with Crippen LogP contribution < -0.4 is 4.90 Å². The van der Waals surface area contributed by atoms with Crippen molar-refractivity contribution in [2.75, 3.05) is 18.0 Å². The highest BCUT2D eigenvalue weighted by atomic mass is 16.4. The lowest BCUT2D eigenvalue weighted by Crippen LogP contribution is -2.31. The van der Waals surface area contributed by atoms with Gasteiger partial charge in [-0.2, -0.15) is 0 Å². The molecule has 0 bridgehead atoms. The van der Waals surface area contributed by atoms with Crippen LogP contribution in [0.5, 0.6) is 0 Å². The lowest BCUT2D eigenvalue weighted by atomic mass is 10.1. The van der Waals surface area contributed by atoms with Crippen molar-refractivity contribution in [3.05, 3.63) is 22.9 Å². The minimum atomic E-state index is -0.860. The van der Waals surface area contributed by atoms with Crippen molar-refractivity contribution in [2.45, 2.75) is 39.5 Å². The summed E-state index contributed by atoms with van der Waals surface area (Å²) >= 11 is 0. The van der Waals surface area contributed by atoms with Crippen molar-refractivity contribution in [1.29, 1.82) is 0 Å². The number of aromatic carboxylic acids is 1. The first-order valence-corrected chi connectivity index (χ1v) is 7.51. The van der Waals surface area contributed by atoms with Crippen LogP contribution in [0.2, 0.25) is 0 Å². The number of pyridine rings is 1. The zero-order chi connectivity index (χ0) is 14.3. The summed E-state index contributed by atoms with van der Waals surface area (Å²) < 4.78 is 0. The van der Waals surface area contributed by atoms with Gasteiger partial charge >= 0.3 is 5.97 Å². The standard InChI is InChI=1S/C16H22N2O2/c1-10-7-11(2)17-15(14(10)16(19)20)18(8-12-3-4-12)9-13-5-6-13/h7,12-13H,3-6,8-9H2,1-2H3,(H,19,20).